The Morgan fingerprint density at radius 3 is 1.94 bits per heavy atom. The Morgan fingerprint density at radius 1 is 1.12 bits per heavy atom. The maximum atomic E-state index is 9.04. The zero-order valence-electron chi connectivity index (χ0n) is 10.5. The number of ether oxygens (including phenoxy) is 1. The molecule has 100 valence electrons. The summed E-state index contributed by atoms with van der Waals surface area (Å²) in [4.78, 5) is 0. The largest absolute Gasteiger partial charge is 0.396 e. The molecule has 1 rings (SSSR count). The van der Waals surface area contributed by atoms with Crippen molar-refractivity contribution in [3.8, 4) is 0 Å². The van der Waals surface area contributed by atoms with Gasteiger partial charge in [0.2, 0.25) is 0 Å². The molecule has 5 nitrogen and oxygen atoms in total. The highest BCUT2D eigenvalue weighted by atomic mass is 16.5. The van der Waals surface area contributed by atoms with Crippen LogP contribution in [0.2, 0.25) is 0 Å². The Kier molecular flexibility index (Phi) is 14.6. The van der Waals surface area contributed by atoms with E-state index in [1.165, 1.54) is 0 Å². The molecule has 3 atom stereocenters. The Balaban J connectivity index is 0. The van der Waals surface area contributed by atoms with Crippen LogP contribution < -0.4 is 0 Å². The normalized spacial score (nSPS) is 28.3. The van der Waals surface area contributed by atoms with E-state index in [0.29, 0.717) is 13.0 Å². The second kappa shape index (κ2) is 12.9. The summed E-state index contributed by atoms with van der Waals surface area (Å²) >= 11 is 0. The van der Waals surface area contributed by atoms with Gasteiger partial charge >= 0.3 is 0 Å². The van der Waals surface area contributed by atoms with E-state index < -0.39 is 12.2 Å². The van der Waals surface area contributed by atoms with Crippen molar-refractivity contribution in [1.29, 1.82) is 0 Å². The summed E-state index contributed by atoms with van der Waals surface area (Å²) < 4.78 is 4.95. The van der Waals surface area contributed by atoms with E-state index in [2.05, 4.69) is 0 Å². The Morgan fingerprint density at radius 2 is 1.62 bits per heavy atom. The third kappa shape index (κ3) is 9.06. The van der Waals surface area contributed by atoms with Gasteiger partial charge in [0.1, 0.15) is 6.10 Å². The zero-order chi connectivity index (χ0) is 13.0. The zero-order valence-corrected chi connectivity index (χ0v) is 10.5. The molecule has 5 heteroatoms. The van der Waals surface area contributed by atoms with Gasteiger partial charge < -0.3 is 25.2 Å². The summed E-state index contributed by atoms with van der Waals surface area (Å²) in [7, 11) is 0. The van der Waals surface area contributed by atoms with Gasteiger partial charge in [0, 0.05) is 13.0 Å². The molecule has 1 aliphatic heterocycles. The van der Waals surface area contributed by atoms with Crippen LogP contribution in [-0.2, 0) is 4.74 Å². The summed E-state index contributed by atoms with van der Waals surface area (Å²) in [5.74, 6) is 0. The predicted molar refractivity (Wildman–Crippen MR) is 62.2 cm³/mol. The molecule has 0 radical (unpaired) electrons. The van der Waals surface area contributed by atoms with Gasteiger partial charge in [-0.2, -0.15) is 0 Å². The first-order valence-corrected chi connectivity index (χ1v) is 5.85. The highest BCUT2D eigenvalue weighted by Crippen LogP contribution is 2.13. The van der Waals surface area contributed by atoms with Gasteiger partial charge in [-0.15, -0.1) is 0 Å². The number of aliphatic hydroxyl groups is 4. The van der Waals surface area contributed by atoms with Crippen LogP contribution in [0.25, 0.3) is 0 Å². The molecule has 4 N–H and O–H groups in total. The third-order valence-corrected chi connectivity index (χ3v) is 1.88. The first-order chi connectivity index (χ1) is 7.65. The van der Waals surface area contributed by atoms with Crippen LogP contribution in [0.15, 0.2) is 0 Å². The van der Waals surface area contributed by atoms with Crippen molar-refractivity contribution in [2.75, 3.05) is 19.8 Å². The van der Waals surface area contributed by atoms with Gasteiger partial charge in [0.25, 0.3) is 0 Å². The van der Waals surface area contributed by atoms with Crippen LogP contribution in [0.4, 0.5) is 0 Å². The predicted octanol–water partition coefficient (Wildman–Crippen LogP) is -0.0957. The van der Waals surface area contributed by atoms with E-state index in [1.54, 1.807) is 0 Å². The summed E-state index contributed by atoms with van der Waals surface area (Å²) in [6, 6.07) is 0. The van der Waals surface area contributed by atoms with Crippen LogP contribution >= 0.6 is 0 Å². The quantitative estimate of drug-likeness (QED) is 0.539. The summed E-state index contributed by atoms with van der Waals surface area (Å²) in [6.07, 6.45) is -0.649. The summed E-state index contributed by atoms with van der Waals surface area (Å²) in [5, 5.41) is 34.4. The lowest BCUT2D eigenvalue weighted by Crippen LogP contribution is -2.42. The lowest BCUT2D eigenvalue weighted by Gasteiger charge is -2.29. The van der Waals surface area contributed by atoms with Gasteiger partial charge in [-0.25, -0.2) is 0 Å². The minimum atomic E-state index is -0.789. The fourth-order valence-corrected chi connectivity index (χ4v) is 0.967. The van der Waals surface area contributed by atoms with Crippen LogP contribution in [-0.4, -0.2) is 58.6 Å². The molecule has 1 heterocycles. The van der Waals surface area contributed by atoms with Crippen molar-refractivity contribution in [2.45, 2.75) is 51.9 Å². The SMILES string of the molecule is CC.CCCO.OCC1CC(O)C(O)CO1. The molecule has 0 saturated carbocycles. The Hall–Kier alpha value is -0.200. The van der Waals surface area contributed by atoms with Crippen molar-refractivity contribution >= 4 is 0 Å². The Bertz CT molecular complexity index is 130. The van der Waals surface area contributed by atoms with E-state index in [0.717, 1.165) is 6.42 Å². The molecular weight excluding hydrogens is 212 g/mol. The van der Waals surface area contributed by atoms with Crippen LogP contribution in [0.3, 0.4) is 0 Å². The first-order valence-electron chi connectivity index (χ1n) is 5.85. The summed E-state index contributed by atoms with van der Waals surface area (Å²) in [5.41, 5.74) is 0. The van der Waals surface area contributed by atoms with Gasteiger partial charge in [-0.1, -0.05) is 20.8 Å². The van der Waals surface area contributed by atoms with Crippen molar-refractivity contribution < 1.29 is 25.2 Å². The molecule has 1 saturated heterocycles. The molecule has 1 aliphatic rings. The standard InChI is InChI=1S/C6H12O4.C3H8O.C2H6/c7-2-4-1-5(8)6(9)3-10-4;1-2-3-4;1-2/h4-9H,1-3H2;4H,2-3H2,1H3;1-2H3. The average molecular weight is 238 g/mol. The number of hydrogen-bond donors (Lipinski definition) is 4. The highest BCUT2D eigenvalue weighted by molar-refractivity contribution is 4.76. The molecule has 0 aliphatic carbocycles. The van der Waals surface area contributed by atoms with Crippen molar-refractivity contribution in [1.82, 2.24) is 0 Å². The Labute approximate surface area is 97.7 Å². The number of hydrogen-bond acceptors (Lipinski definition) is 5. The molecule has 3 unspecified atom stereocenters. The van der Waals surface area contributed by atoms with E-state index in [1.807, 2.05) is 20.8 Å². The topological polar surface area (TPSA) is 90.2 Å². The summed E-state index contributed by atoms with van der Waals surface area (Å²) in [6.45, 7) is 6.27. The molecule has 0 bridgehead atoms. The second-order valence-corrected chi connectivity index (χ2v) is 3.23. The number of aliphatic hydroxyl groups excluding tert-OH is 4. The fraction of sp³-hybridized carbons (Fsp3) is 1.00. The van der Waals surface area contributed by atoms with Crippen molar-refractivity contribution in [3.05, 3.63) is 0 Å². The van der Waals surface area contributed by atoms with Crippen molar-refractivity contribution in [2.24, 2.45) is 0 Å². The molecule has 1 fully saturated rings. The van der Waals surface area contributed by atoms with Gasteiger partial charge in [0.05, 0.1) is 25.4 Å². The van der Waals surface area contributed by atoms with Crippen LogP contribution in [0, 0.1) is 0 Å². The van der Waals surface area contributed by atoms with E-state index in [9.17, 15) is 0 Å². The maximum absolute atomic E-state index is 9.04. The van der Waals surface area contributed by atoms with E-state index in [4.69, 9.17) is 25.2 Å². The second-order valence-electron chi connectivity index (χ2n) is 3.23. The van der Waals surface area contributed by atoms with E-state index in [-0.39, 0.29) is 19.3 Å². The number of rotatable bonds is 2. The lowest BCUT2D eigenvalue weighted by atomic mass is 10.0. The minimum Gasteiger partial charge on any atom is -0.396 e. The van der Waals surface area contributed by atoms with Crippen molar-refractivity contribution in [3.63, 3.8) is 0 Å². The molecule has 0 amide bonds. The monoisotopic (exact) mass is 238 g/mol. The average Bonchev–Trinajstić information content (AvgIpc) is 2.35. The highest BCUT2D eigenvalue weighted by Gasteiger charge is 2.27. The molecule has 0 spiro atoms. The fourth-order valence-electron chi connectivity index (χ4n) is 0.967. The smallest absolute Gasteiger partial charge is 0.103 e. The van der Waals surface area contributed by atoms with Gasteiger partial charge in [0.15, 0.2) is 0 Å². The third-order valence-electron chi connectivity index (χ3n) is 1.88. The molecule has 0 aromatic heterocycles. The first kappa shape index (κ1) is 18.2. The van der Waals surface area contributed by atoms with Crippen LogP contribution in [0.5, 0.6) is 0 Å². The lowest BCUT2D eigenvalue weighted by molar-refractivity contribution is -0.131. The van der Waals surface area contributed by atoms with E-state index >= 15 is 0 Å². The van der Waals surface area contributed by atoms with Gasteiger partial charge in [-0.05, 0) is 6.42 Å². The molecule has 0 aromatic carbocycles. The molecule has 16 heavy (non-hydrogen) atoms. The maximum Gasteiger partial charge on any atom is 0.103 e. The van der Waals surface area contributed by atoms with Crippen LogP contribution in [0.1, 0.15) is 33.6 Å². The van der Waals surface area contributed by atoms with Gasteiger partial charge in [-0.3, -0.25) is 0 Å². The minimum absolute atomic E-state index is 0.0935. The molecular formula is C11H26O5. The molecule has 0 aromatic rings.